The Hall–Kier alpha value is -2.18. The number of hydrogen-bond acceptors (Lipinski definition) is 7. The summed E-state index contributed by atoms with van der Waals surface area (Å²) in [6, 6.07) is 7.06. The van der Waals surface area contributed by atoms with Crippen molar-refractivity contribution in [1.29, 1.82) is 0 Å². The minimum atomic E-state index is -4.66. The monoisotopic (exact) mass is 445 g/mol. The minimum absolute atomic E-state index is 0.0558. The number of nitrogen functional groups attached to an aromatic ring is 2. The van der Waals surface area contributed by atoms with Crippen molar-refractivity contribution in [3.05, 3.63) is 36.4 Å². The summed E-state index contributed by atoms with van der Waals surface area (Å²) >= 11 is 0. The average molecular weight is 446 g/mol. The molecule has 0 aliphatic carbocycles. The molecule has 0 radical (unpaired) electrons. The Labute approximate surface area is 171 Å². The predicted octanol–water partition coefficient (Wildman–Crippen LogP) is 2.36. The summed E-state index contributed by atoms with van der Waals surface area (Å²) in [5.74, 6) is 0. The van der Waals surface area contributed by atoms with Crippen LogP contribution in [0.5, 0.6) is 0 Å². The van der Waals surface area contributed by atoms with Crippen molar-refractivity contribution >= 4 is 31.6 Å². The second-order valence-electron chi connectivity index (χ2n) is 6.08. The van der Waals surface area contributed by atoms with Gasteiger partial charge in [-0.05, 0) is 43.9 Å². The Morgan fingerprint density at radius 1 is 0.724 bits per heavy atom. The highest BCUT2D eigenvalue weighted by molar-refractivity contribution is 7.86. The summed E-state index contributed by atoms with van der Waals surface area (Å²) in [6.45, 7) is 10.1. The van der Waals surface area contributed by atoms with Gasteiger partial charge in [-0.25, -0.2) is 0 Å². The number of hydrogen-bond donors (Lipinski definition) is 4. The van der Waals surface area contributed by atoms with Gasteiger partial charge in [-0.3, -0.25) is 9.11 Å². The van der Waals surface area contributed by atoms with Crippen molar-refractivity contribution in [2.24, 2.45) is 0 Å². The third kappa shape index (κ3) is 6.98. The van der Waals surface area contributed by atoms with Gasteiger partial charge >= 0.3 is 0 Å². The molecule has 0 aliphatic rings. The maximum Gasteiger partial charge on any atom is 0.295 e. The van der Waals surface area contributed by atoms with Crippen LogP contribution in [0.15, 0.2) is 46.2 Å². The fourth-order valence-electron chi connectivity index (χ4n) is 2.62. The van der Waals surface area contributed by atoms with Gasteiger partial charge in [-0.2, -0.15) is 16.8 Å². The third-order valence-electron chi connectivity index (χ3n) is 4.20. The molecule has 0 unspecified atom stereocenters. The maximum absolute atomic E-state index is 11.5. The first-order chi connectivity index (χ1) is 13.3. The zero-order valence-corrected chi connectivity index (χ0v) is 18.2. The molecule has 162 valence electrons. The lowest BCUT2D eigenvalue weighted by Crippen LogP contribution is -2.21. The van der Waals surface area contributed by atoms with Crippen LogP contribution in [0.1, 0.15) is 20.8 Å². The van der Waals surface area contributed by atoms with Crippen LogP contribution in [0.4, 0.5) is 11.4 Å². The van der Waals surface area contributed by atoms with Crippen molar-refractivity contribution in [1.82, 2.24) is 4.90 Å². The molecule has 0 fully saturated rings. The fourth-order valence-corrected chi connectivity index (χ4v) is 4.10. The van der Waals surface area contributed by atoms with Crippen molar-refractivity contribution in [2.45, 2.75) is 30.6 Å². The first-order valence-electron chi connectivity index (χ1n) is 8.81. The topological polar surface area (TPSA) is 164 Å². The maximum atomic E-state index is 11.5. The van der Waals surface area contributed by atoms with Crippen LogP contribution >= 0.6 is 0 Å². The van der Waals surface area contributed by atoms with E-state index in [1.54, 1.807) is 0 Å². The van der Waals surface area contributed by atoms with Crippen LogP contribution in [0.25, 0.3) is 11.1 Å². The van der Waals surface area contributed by atoms with Gasteiger partial charge in [-0.1, -0.05) is 32.9 Å². The summed E-state index contributed by atoms with van der Waals surface area (Å²) < 4.78 is 64.4. The second-order valence-corrected chi connectivity index (χ2v) is 8.86. The van der Waals surface area contributed by atoms with Crippen molar-refractivity contribution in [3.63, 3.8) is 0 Å². The van der Waals surface area contributed by atoms with Crippen LogP contribution in [0.2, 0.25) is 0 Å². The Kier molecular flexibility index (Phi) is 8.60. The molecule has 0 aliphatic heterocycles. The molecule has 6 N–H and O–H groups in total. The highest BCUT2D eigenvalue weighted by Gasteiger charge is 2.23. The quantitative estimate of drug-likeness (QED) is 0.386. The van der Waals surface area contributed by atoms with E-state index in [9.17, 15) is 25.9 Å². The smallest absolute Gasteiger partial charge is 0.295 e. The Balaban J connectivity index is 0.000000516. The second kappa shape index (κ2) is 10.0. The van der Waals surface area contributed by atoms with Gasteiger partial charge < -0.3 is 16.4 Å². The minimum Gasteiger partial charge on any atom is -0.399 e. The molecule has 0 heterocycles. The summed E-state index contributed by atoms with van der Waals surface area (Å²) in [6.07, 6.45) is 0. The number of anilines is 2. The summed E-state index contributed by atoms with van der Waals surface area (Å²) in [5.41, 5.74) is 10.8. The molecule has 0 spiro atoms. The highest BCUT2D eigenvalue weighted by atomic mass is 32.2. The van der Waals surface area contributed by atoms with Crippen LogP contribution in [-0.2, 0) is 20.2 Å². The van der Waals surface area contributed by atoms with Gasteiger partial charge in [0.2, 0.25) is 0 Å². The van der Waals surface area contributed by atoms with Gasteiger partial charge in [0.05, 0.1) is 0 Å². The van der Waals surface area contributed by atoms with E-state index < -0.39 is 30.0 Å². The lowest BCUT2D eigenvalue weighted by atomic mass is 10.0. The largest absolute Gasteiger partial charge is 0.399 e. The summed E-state index contributed by atoms with van der Waals surface area (Å²) in [5, 5.41) is 0. The number of nitrogens with zero attached hydrogens (tertiary/aromatic N) is 1. The number of benzene rings is 2. The predicted molar refractivity (Wildman–Crippen MR) is 114 cm³/mol. The molecule has 0 saturated heterocycles. The first kappa shape index (κ1) is 24.9. The van der Waals surface area contributed by atoms with E-state index in [-0.39, 0.29) is 22.5 Å². The van der Waals surface area contributed by atoms with Gasteiger partial charge in [0.25, 0.3) is 20.2 Å². The molecule has 2 aromatic carbocycles. The Bertz CT molecular complexity index is 964. The van der Waals surface area contributed by atoms with E-state index in [0.29, 0.717) is 0 Å². The molecule has 2 rings (SSSR count). The highest BCUT2D eigenvalue weighted by Crippen LogP contribution is 2.34. The van der Waals surface area contributed by atoms with Crippen molar-refractivity contribution < 1.29 is 25.9 Å². The van der Waals surface area contributed by atoms with Gasteiger partial charge in [0.15, 0.2) is 0 Å². The molecule has 0 saturated carbocycles. The van der Waals surface area contributed by atoms with Crippen LogP contribution in [-0.4, -0.2) is 50.5 Å². The Morgan fingerprint density at radius 2 is 1.03 bits per heavy atom. The van der Waals surface area contributed by atoms with E-state index in [1.165, 1.54) is 43.9 Å². The standard InChI is InChI=1S/C12H12N2O6S2.C6H15N/c13-7-1-3-9(11(5-7)21(15,16)17)10-4-2-8(14)6-12(10)22(18,19)20;1-4-7(5-2)6-3/h1-6H,13-14H2,(H,15,16,17)(H,18,19,20);4-6H2,1-3H3. The molecule has 11 heteroatoms. The SMILES string of the molecule is CCN(CC)CC.Nc1ccc(-c2ccc(N)cc2S(=O)(=O)O)c(S(=O)(=O)O)c1. The van der Waals surface area contributed by atoms with Gasteiger partial charge in [-0.15, -0.1) is 0 Å². The molecule has 0 atom stereocenters. The van der Waals surface area contributed by atoms with Crippen molar-refractivity contribution in [3.8, 4) is 11.1 Å². The molecule has 2 aromatic rings. The van der Waals surface area contributed by atoms with Gasteiger partial charge in [0.1, 0.15) is 9.79 Å². The molecule has 0 aromatic heterocycles. The van der Waals surface area contributed by atoms with E-state index in [4.69, 9.17) is 11.5 Å². The van der Waals surface area contributed by atoms with E-state index in [0.717, 1.165) is 12.1 Å². The normalized spacial score (nSPS) is 11.8. The third-order valence-corrected chi connectivity index (χ3v) is 5.99. The molecule has 29 heavy (non-hydrogen) atoms. The van der Waals surface area contributed by atoms with Gasteiger partial charge in [0, 0.05) is 22.5 Å². The summed E-state index contributed by atoms with van der Waals surface area (Å²) in [7, 11) is -9.33. The number of rotatable bonds is 6. The van der Waals surface area contributed by atoms with Crippen molar-refractivity contribution in [2.75, 3.05) is 31.1 Å². The molecule has 9 nitrogen and oxygen atoms in total. The molecular weight excluding hydrogens is 418 g/mol. The van der Waals surface area contributed by atoms with E-state index >= 15 is 0 Å². The van der Waals surface area contributed by atoms with E-state index in [2.05, 4.69) is 25.7 Å². The van der Waals surface area contributed by atoms with Crippen LogP contribution in [0, 0.1) is 0 Å². The lowest BCUT2D eigenvalue weighted by molar-refractivity contribution is 0.321. The average Bonchev–Trinajstić information content (AvgIpc) is 2.62. The molecule has 0 amide bonds. The Morgan fingerprint density at radius 3 is 1.24 bits per heavy atom. The zero-order valence-electron chi connectivity index (χ0n) is 16.5. The lowest BCUT2D eigenvalue weighted by Gasteiger charge is -2.13. The fraction of sp³-hybridized carbons (Fsp3) is 0.333. The zero-order chi connectivity index (χ0) is 22.4. The van der Waals surface area contributed by atoms with E-state index in [1.807, 2.05) is 0 Å². The number of nitrogens with two attached hydrogens (primary N) is 2. The molecule has 0 bridgehead atoms. The van der Waals surface area contributed by atoms with Crippen LogP contribution in [0.3, 0.4) is 0 Å². The summed E-state index contributed by atoms with van der Waals surface area (Å²) in [4.78, 5) is 1.21. The first-order valence-corrected chi connectivity index (χ1v) is 11.7. The molecular formula is C18H27N3O6S2. The van der Waals surface area contributed by atoms with Crippen LogP contribution < -0.4 is 11.5 Å².